The van der Waals surface area contributed by atoms with E-state index in [1.54, 1.807) is 23.4 Å². The van der Waals surface area contributed by atoms with Crippen molar-refractivity contribution in [3.63, 3.8) is 0 Å². The fraction of sp³-hybridized carbons (Fsp3) is 0.261. The van der Waals surface area contributed by atoms with E-state index >= 15 is 0 Å². The largest absolute Gasteiger partial charge is 0.381 e. The number of hydrogen-bond donors (Lipinski definition) is 3. The monoisotopic (exact) mass is 419 g/mol. The molecule has 1 aromatic carbocycles. The summed E-state index contributed by atoms with van der Waals surface area (Å²) < 4.78 is 1.83. The van der Waals surface area contributed by atoms with Gasteiger partial charge in [-0.3, -0.25) is 4.79 Å². The predicted molar refractivity (Wildman–Crippen MR) is 120 cm³/mol. The molecule has 0 aliphatic carbocycles. The summed E-state index contributed by atoms with van der Waals surface area (Å²) >= 11 is 0. The Balaban J connectivity index is 1.35. The first-order valence-corrected chi connectivity index (χ1v) is 10.1. The van der Waals surface area contributed by atoms with Gasteiger partial charge in [-0.05, 0) is 55.7 Å². The Morgan fingerprint density at radius 1 is 1.06 bits per heavy atom. The number of amides is 3. The number of carbonyl (C=O) groups excluding carboxylic acids is 2. The summed E-state index contributed by atoms with van der Waals surface area (Å²) in [7, 11) is 0. The number of carbonyl (C=O) groups is 2. The number of aliphatic hydroxyl groups is 1. The Morgan fingerprint density at radius 3 is 2.45 bits per heavy atom. The molecular weight excluding hydrogens is 394 g/mol. The molecular formula is C23H25N5O3. The standard InChI is InChI=1S/C23H25N5O3/c1-23(2,31)21(29)27-12-9-17(10-13-27)16-3-5-18(6-4-16)25-22(30)26-19-7-8-20-24-11-14-28(20)15-19/h3-9,11,14-15,31H,10,12-13H2,1-2H3,(H2,25,26,30). The normalized spacial score (nSPS) is 14.3. The molecule has 0 spiro atoms. The van der Waals surface area contributed by atoms with Gasteiger partial charge in [0.1, 0.15) is 11.2 Å². The zero-order valence-corrected chi connectivity index (χ0v) is 17.5. The lowest BCUT2D eigenvalue weighted by Crippen LogP contribution is -2.46. The molecule has 31 heavy (non-hydrogen) atoms. The number of aromatic nitrogens is 2. The summed E-state index contributed by atoms with van der Waals surface area (Å²) in [6, 6.07) is 10.9. The molecule has 160 valence electrons. The Labute approximate surface area is 180 Å². The van der Waals surface area contributed by atoms with E-state index in [-0.39, 0.29) is 11.9 Å². The number of rotatable bonds is 4. The molecule has 3 amide bonds. The van der Waals surface area contributed by atoms with Crippen LogP contribution in [0.4, 0.5) is 16.2 Å². The van der Waals surface area contributed by atoms with Gasteiger partial charge in [0, 0.05) is 37.4 Å². The first kappa shape index (κ1) is 20.6. The maximum atomic E-state index is 12.3. The van der Waals surface area contributed by atoms with Crippen LogP contribution in [0.25, 0.3) is 11.2 Å². The van der Waals surface area contributed by atoms with Crippen LogP contribution in [0.15, 0.2) is 61.1 Å². The fourth-order valence-electron chi connectivity index (χ4n) is 3.56. The number of benzene rings is 1. The lowest BCUT2D eigenvalue weighted by molar-refractivity contribution is -0.147. The molecule has 3 N–H and O–H groups in total. The highest BCUT2D eigenvalue weighted by Crippen LogP contribution is 2.25. The van der Waals surface area contributed by atoms with Crippen molar-refractivity contribution in [3.8, 4) is 0 Å². The number of hydrogen-bond acceptors (Lipinski definition) is 4. The van der Waals surface area contributed by atoms with Crippen molar-refractivity contribution in [1.82, 2.24) is 14.3 Å². The van der Waals surface area contributed by atoms with Crippen molar-refractivity contribution in [2.45, 2.75) is 25.9 Å². The van der Waals surface area contributed by atoms with Gasteiger partial charge in [0.2, 0.25) is 0 Å². The molecule has 3 aromatic rings. The molecule has 1 aliphatic heterocycles. The van der Waals surface area contributed by atoms with Crippen molar-refractivity contribution in [1.29, 1.82) is 0 Å². The van der Waals surface area contributed by atoms with Crippen LogP contribution in [-0.2, 0) is 4.79 Å². The Hall–Kier alpha value is -3.65. The molecule has 3 heterocycles. The van der Waals surface area contributed by atoms with Crippen LogP contribution in [0, 0.1) is 0 Å². The lowest BCUT2D eigenvalue weighted by atomic mass is 9.98. The average Bonchev–Trinajstić information content (AvgIpc) is 3.21. The third kappa shape index (κ3) is 4.75. The van der Waals surface area contributed by atoms with Crippen LogP contribution in [0.2, 0.25) is 0 Å². The summed E-state index contributed by atoms with van der Waals surface area (Å²) in [4.78, 5) is 30.3. The summed E-state index contributed by atoms with van der Waals surface area (Å²) in [6.07, 6.45) is 8.04. The third-order valence-electron chi connectivity index (χ3n) is 5.18. The zero-order valence-electron chi connectivity index (χ0n) is 17.5. The number of anilines is 2. The number of nitrogens with one attached hydrogen (secondary N) is 2. The fourth-order valence-corrected chi connectivity index (χ4v) is 3.56. The van der Waals surface area contributed by atoms with E-state index in [9.17, 15) is 14.7 Å². The molecule has 8 nitrogen and oxygen atoms in total. The number of urea groups is 1. The lowest BCUT2D eigenvalue weighted by Gasteiger charge is -2.31. The first-order valence-electron chi connectivity index (χ1n) is 10.1. The highest BCUT2D eigenvalue weighted by molar-refractivity contribution is 5.99. The van der Waals surface area contributed by atoms with Crippen LogP contribution in [-0.4, -0.2) is 50.0 Å². The Kier molecular flexibility index (Phi) is 5.48. The van der Waals surface area contributed by atoms with Gasteiger partial charge in [-0.15, -0.1) is 0 Å². The van der Waals surface area contributed by atoms with Gasteiger partial charge < -0.3 is 25.0 Å². The maximum absolute atomic E-state index is 12.3. The van der Waals surface area contributed by atoms with Crippen molar-refractivity contribution in [3.05, 3.63) is 66.6 Å². The van der Waals surface area contributed by atoms with E-state index in [2.05, 4.69) is 15.6 Å². The highest BCUT2D eigenvalue weighted by Gasteiger charge is 2.30. The Morgan fingerprint density at radius 2 is 1.77 bits per heavy atom. The molecule has 4 rings (SSSR count). The van der Waals surface area contributed by atoms with Gasteiger partial charge in [-0.2, -0.15) is 0 Å². The van der Waals surface area contributed by atoms with Crippen molar-refractivity contribution >= 4 is 34.5 Å². The topological polar surface area (TPSA) is 99.0 Å². The number of pyridine rings is 1. The molecule has 0 radical (unpaired) electrons. The minimum atomic E-state index is -1.36. The summed E-state index contributed by atoms with van der Waals surface area (Å²) in [6.45, 7) is 4.05. The predicted octanol–water partition coefficient (Wildman–Crippen LogP) is 3.36. The number of imidazole rings is 1. The van der Waals surface area contributed by atoms with Gasteiger partial charge in [-0.1, -0.05) is 18.2 Å². The summed E-state index contributed by atoms with van der Waals surface area (Å²) in [5.74, 6) is -0.263. The quantitative estimate of drug-likeness (QED) is 0.604. The van der Waals surface area contributed by atoms with Crippen LogP contribution in [0.5, 0.6) is 0 Å². The van der Waals surface area contributed by atoms with E-state index < -0.39 is 5.60 Å². The maximum Gasteiger partial charge on any atom is 0.323 e. The first-order chi connectivity index (χ1) is 14.8. The van der Waals surface area contributed by atoms with Crippen molar-refractivity contribution < 1.29 is 14.7 Å². The molecule has 0 fully saturated rings. The van der Waals surface area contributed by atoms with Crippen LogP contribution >= 0.6 is 0 Å². The van der Waals surface area contributed by atoms with Crippen molar-refractivity contribution in [2.75, 3.05) is 23.7 Å². The second kappa shape index (κ2) is 8.23. The van der Waals surface area contributed by atoms with Crippen LogP contribution in [0.1, 0.15) is 25.8 Å². The summed E-state index contributed by atoms with van der Waals surface area (Å²) in [5.41, 5.74) is 2.99. The summed E-state index contributed by atoms with van der Waals surface area (Å²) in [5, 5.41) is 15.5. The SMILES string of the molecule is CC(C)(O)C(=O)N1CC=C(c2ccc(NC(=O)Nc3ccc4nccn4c3)cc2)CC1. The van der Waals surface area contributed by atoms with E-state index in [0.29, 0.717) is 30.9 Å². The van der Waals surface area contributed by atoms with E-state index in [1.165, 1.54) is 13.8 Å². The van der Waals surface area contributed by atoms with Crippen LogP contribution in [0.3, 0.4) is 0 Å². The molecule has 0 saturated heterocycles. The second-order valence-corrected chi connectivity index (χ2v) is 8.06. The van der Waals surface area contributed by atoms with Crippen molar-refractivity contribution in [2.24, 2.45) is 0 Å². The van der Waals surface area contributed by atoms with Gasteiger partial charge in [0.05, 0.1) is 5.69 Å². The van der Waals surface area contributed by atoms with E-state index in [0.717, 1.165) is 16.8 Å². The van der Waals surface area contributed by atoms with Crippen LogP contribution < -0.4 is 10.6 Å². The van der Waals surface area contributed by atoms with Gasteiger partial charge in [0.15, 0.2) is 0 Å². The number of fused-ring (bicyclic) bond motifs is 1. The zero-order chi connectivity index (χ0) is 22.0. The third-order valence-corrected chi connectivity index (χ3v) is 5.18. The smallest absolute Gasteiger partial charge is 0.323 e. The second-order valence-electron chi connectivity index (χ2n) is 8.06. The van der Waals surface area contributed by atoms with E-state index in [1.807, 2.05) is 47.0 Å². The molecule has 8 heteroatoms. The molecule has 0 unspecified atom stereocenters. The van der Waals surface area contributed by atoms with Gasteiger partial charge >= 0.3 is 6.03 Å². The highest BCUT2D eigenvalue weighted by atomic mass is 16.3. The van der Waals surface area contributed by atoms with Gasteiger partial charge in [-0.25, -0.2) is 9.78 Å². The minimum absolute atomic E-state index is 0.263. The average molecular weight is 419 g/mol. The molecule has 0 atom stereocenters. The molecule has 2 aromatic heterocycles. The number of nitrogens with zero attached hydrogens (tertiary/aromatic N) is 3. The Bertz CT molecular complexity index is 1140. The molecule has 1 aliphatic rings. The molecule has 0 bridgehead atoms. The molecule has 0 saturated carbocycles. The minimum Gasteiger partial charge on any atom is -0.381 e. The van der Waals surface area contributed by atoms with Gasteiger partial charge in [0.25, 0.3) is 5.91 Å². The van der Waals surface area contributed by atoms with E-state index in [4.69, 9.17) is 0 Å².